The predicted molar refractivity (Wildman–Crippen MR) is 71.0 cm³/mol. The third kappa shape index (κ3) is 2.84. The molecule has 1 aromatic carbocycles. The van der Waals surface area contributed by atoms with Gasteiger partial charge in [-0.25, -0.2) is 8.78 Å². The lowest BCUT2D eigenvalue weighted by Crippen LogP contribution is -2.04. The molecule has 0 aliphatic heterocycles. The van der Waals surface area contributed by atoms with Crippen LogP contribution in [0.1, 0.15) is 22.3 Å². The first kappa shape index (κ1) is 13.4. The largest absolute Gasteiger partial charge is 0.294 e. The highest BCUT2D eigenvalue weighted by Gasteiger charge is 2.16. The van der Waals surface area contributed by atoms with Gasteiger partial charge in [-0.2, -0.15) is 11.3 Å². The summed E-state index contributed by atoms with van der Waals surface area (Å²) in [5.41, 5.74) is 1.26. The van der Waals surface area contributed by atoms with E-state index in [0.717, 1.165) is 11.6 Å². The molecule has 0 fully saturated rings. The Morgan fingerprint density at radius 3 is 2.72 bits per heavy atom. The van der Waals surface area contributed by atoms with Gasteiger partial charge >= 0.3 is 0 Å². The Morgan fingerprint density at radius 1 is 1.28 bits per heavy atom. The van der Waals surface area contributed by atoms with Crippen LogP contribution in [-0.4, -0.2) is 5.78 Å². The molecular formula is C13H9BrF2OS. The number of halogens is 3. The van der Waals surface area contributed by atoms with Crippen molar-refractivity contribution in [3.05, 3.63) is 56.2 Å². The summed E-state index contributed by atoms with van der Waals surface area (Å²) in [6.45, 7) is 0. The minimum atomic E-state index is -1.02. The Bertz CT molecular complexity index is 567. The van der Waals surface area contributed by atoms with E-state index in [4.69, 9.17) is 0 Å². The predicted octanol–water partition coefficient (Wildman–Crippen LogP) is 4.60. The standard InChI is InChI=1S/C13H9BrF2OS/c14-12-9(2-3-10(15)13(12)16)11(17)4-1-8-5-6-18-7-8/h2-3,5-7H,1,4H2. The Balaban J connectivity index is 2.12. The normalized spacial score (nSPS) is 10.6. The monoisotopic (exact) mass is 330 g/mol. The lowest BCUT2D eigenvalue weighted by Gasteiger charge is -2.05. The van der Waals surface area contributed by atoms with Gasteiger partial charge in [0.1, 0.15) is 0 Å². The van der Waals surface area contributed by atoms with E-state index in [1.807, 2.05) is 16.8 Å². The maximum atomic E-state index is 13.3. The number of ketones is 1. The van der Waals surface area contributed by atoms with Gasteiger partial charge in [-0.05, 0) is 56.9 Å². The topological polar surface area (TPSA) is 17.1 Å². The average Bonchev–Trinajstić information content (AvgIpc) is 2.86. The summed E-state index contributed by atoms with van der Waals surface area (Å²) < 4.78 is 26.1. The second-order valence-electron chi connectivity index (χ2n) is 3.78. The summed E-state index contributed by atoms with van der Waals surface area (Å²) in [6, 6.07) is 4.22. The van der Waals surface area contributed by atoms with Crippen LogP contribution in [0.4, 0.5) is 8.78 Å². The van der Waals surface area contributed by atoms with Crippen molar-refractivity contribution in [2.45, 2.75) is 12.8 Å². The summed E-state index contributed by atoms with van der Waals surface area (Å²) in [7, 11) is 0. The zero-order chi connectivity index (χ0) is 13.1. The number of thiophene rings is 1. The van der Waals surface area contributed by atoms with E-state index < -0.39 is 11.6 Å². The molecule has 5 heteroatoms. The van der Waals surface area contributed by atoms with Crippen LogP contribution in [0, 0.1) is 11.6 Å². The van der Waals surface area contributed by atoms with E-state index in [1.54, 1.807) is 11.3 Å². The fourth-order valence-electron chi connectivity index (χ4n) is 1.57. The van der Waals surface area contributed by atoms with Gasteiger partial charge in [0.2, 0.25) is 0 Å². The molecule has 1 heterocycles. The number of aryl methyl sites for hydroxylation is 1. The van der Waals surface area contributed by atoms with Crippen LogP contribution in [0.5, 0.6) is 0 Å². The Hall–Kier alpha value is -1.07. The van der Waals surface area contributed by atoms with Crippen LogP contribution in [0.25, 0.3) is 0 Å². The summed E-state index contributed by atoms with van der Waals surface area (Å²) in [5.74, 6) is -2.18. The summed E-state index contributed by atoms with van der Waals surface area (Å²) in [4.78, 5) is 11.9. The molecule has 0 bridgehead atoms. The first-order valence-electron chi connectivity index (χ1n) is 5.27. The Morgan fingerprint density at radius 2 is 2.06 bits per heavy atom. The van der Waals surface area contributed by atoms with Crippen molar-refractivity contribution in [3.8, 4) is 0 Å². The van der Waals surface area contributed by atoms with Crippen LogP contribution < -0.4 is 0 Å². The lowest BCUT2D eigenvalue weighted by atomic mass is 10.0. The van der Waals surface area contributed by atoms with Crippen LogP contribution in [0.3, 0.4) is 0 Å². The van der Waals surface area contributed by atoms with Crippen LogP contribution in [0.2, 0.25) is 0 Å². The molecule has 18 heavy (non-hydrogen) atoms. The number of Topliss-reactive ketones (excluding diaryl/α,β-unsaturated/α-hetero) is 1. The molecule has 0 unspecified atom stereocenters. The van der Waals surface area contributed by atoms with Crippen molar-refractivity contribution < 1.29 is 13.6 Å². The summed E-state index contributed by atoms with van der Waals surface area (Å²) >= 11 is 4.48. The molecular weight excluding hydrogens is 322 g/mol. The van der Waals surface area contributed by atoms with Crippen molar-refractivity contribution in [1.29, 1.82) is 0 Å². The Labute approximate surface area is 116 Å². The Kier molecular flexibility index (Phi) is 4.24. The van der Waals surface area contributed by atoms with E-state index in [1.165, 1.54) is 6.07 Å². The van der Waals surface area contributed by atoms with E-state index in [0.29, 0.717) is 6.42 Å². The van der Waals surface area contributed by atoms with Crippen LogP contribution >= 0.6 is 27.3 Å². The number of hydrogen-bond acceptors (Lipinski definition) is 2. The van der Waals surface area contributed by atoms with Crippen molar-refractivity contribution >= 4 is 33.0 Å². The van der Waals surface area contributed by atoms with Crippen molar-refractivity contribution in [1.82, 2.24) is 0 Å². The highest BCUT2D eigenvalue weighted by atomic mass is 79.9. The van der Waals surface area contributed by atoms with Gasteiger partial charge < -0.3 is 0 Å². The summed E-state index contributed by atoms with van der Waals surface area (Å²) in [6.07, 6.45) is 0.883. The molecule has 0 saturated carbocycles. The molecule has 0 amide bonds. The molecule has 0 saturated heterocycles. The fourth-order valence-corrected chi connectivity index (χ4v) is 2.81. The van der Waals surface area contributed by atoms with Crippen molar-refractivity contribution in [2.24, 2.45) is 0 Å². The SMILES string of the molecule is O=C(CCc1ccsc1)c1ccc(F)c(F)c1Br. The van der Waals surface area contributed by atoms with Gasteiger partial charge in [-0.1, -0.05) is 0 Å². The number of carbonyl (C=O) groups is 1. The molecule has 0 spiro atoms. The molecule has 0 aliphatic carbocycles. The molecule has 1 aromatic heterocycles. The molecule has 2 aromatic rings. The highest BCUT2D eigenvalue weighted by Crippen LogP contribution is 2.24. The summed E-state index contributed by atoms with van der Waals surface area (Å²) in [5, 5.41) is 3.90. The van der Waals surface area contributed by atoms with Gasteiger partial charge in [-0.15, -0.1) is 0 Å². The fraction of sp³-hybridized carbons (Fsp3) is 0.154. The van der Waals surface area contributed by atoms with E-state index in [2.05, 4.69) is 15.9 Å². The zero-order valence-corrected chi connectivity index (χ0v) is 11.7. The van der Waals surface area contributed by atoms with Crippen LogP contribution in [0.15, 0.2) is 33.4 Å². The highest BCUT2D eigenvalue weighted by molar-refractivity contribution is 9.10. The van der Waals surface area contributed by atoms with Gasteiger partial charge in [0.25, 0.3) is 0 Å². The van der Waals surface area contributed by atoms with Crippen molar-refractivity contribution in [2.75, 3.05) is 0 Å². The van der Waals surface area contributed by atoms with Gasteiger partial charge in [0.15, 0.2) is 17.4 Å². The van der Waals surface area contributed by atoms with Gasteiger partial charge in [0, 0.05) is 12.0 Å². The second kappa shape index (κ2) is 5.71. The third-order valence-electron chi connectivity index (χ3n) is 2.56. The van der Waals surface area contributed by atoms with Crippen molar-refractivity contribution in [3.63, 3.8) is 0 Å². The molecule has 2 rings (SSSR count). The molecule has 94 valence electrons. The second-order valence-corrected chi connectivity index (χ2v) is 5.35. The maximum Gasteiger partial charge on any atom is 0.173 e. The minimum absolute atomic E-state index is 0.0992. The first-order chi connectivity index (χ1) is 8.59. The van der Waals surface area contributed by atoms with E-state index >= 15 is 0 Å². The molecule has 0 atom stereocenters. The zero-order valence-electron chi connectivity index (χ0n) is 9.25. The molecule has 1 nitrogen and oxygen atoms in total. The molecule has 0 N–H and O–H groups in total. The quantitative estimate of drug-likeness (QED) is 0.591. The van der Waals surface area contributed by atoms with E-state index in [-0.39, 0.29) is 22.2 Å². The third-order valence-corrected chi connectivity index (χ3v) is 4.06. The van der Waals surface area contributed by atoms with Crippen LogP contribution in [-0.2, 0) is 6.42 Å². The number of carbonyl (C=O) groups excluding carboxylic acids is 1. The smallest absolute Gasteiger partial charge is 0.173 e. The van der Waals surface area contributed by atoms with Gasteiger partial charge in [-0.3, -0.25) is 4.79 Å². The van der Waals surface area contributed by atoms with E-state index in [9.17, 15) is 13.6 Å². The first-order valence-corrected chi connectivity index (χ1v) is 7.01. The number of benzene rings is 1. The van der Waals surface area contributed by atoms with Gasteiger partial charge in [0.05, 0.1) is 4.47 Å². The number of hydrogen-bond donors (Lipinski definition) is 0. The molecule has 0 aliphatic rings. The molecule has 0 radical (unpaired) electrons. The average molecular weight is 331 g/mol. The number of rotatable bonds is 4. The maximum absolute atomic E-state index is 13.3. The minimum Gasteiger partial charge on any atom is -0.294 e. The lowest BCUT2D eigenvalue weighted by molar-refractivity contribution is 0.0981.